The first-order valence-electron chi connectivity index (χ1n) is 9.67. The second-order valence-corrected chi connectivity index (χ2v) is 9.20. The van der Waals surface area contributed by atoms with E-state index in [1.165, 1.54) is 18.2 Å². The third-order valence-electron chi connectivity index (χ3n) is 4.98. The average Bonchev–Trinajstić information content (AvgIpc) is 2.78. The maximum absolute atomic E-state index is 14.5. The summed E-state index contributed by atoms with van der Waals surface area (Å²) in [5, 5.41) is 11.7. The lowest BCUT2D eigenvalue weighted by Crippen LogP contribution is -2.41. The average molecular weight is 421 g/mol. The smallest absolute Gasteiger partial charge is 0.478 e. The van der Waals surface area contributed by atoms with Gasteiger partial charge >= 0.3 is 19.2 Å². The molecular formula is C21H29BFNO6. The van der Waals surface area contributed by atoms with Crippen molar-refractivity contribution in [3.8, 4) is 0 Å². The molecule has 0 radical (unpaired) electrons. The monoisotopic (exact) mass is 421 g/mol. The highest BCUT2D eigenvalue weighted by molar-refractivity contribution is 6.56. The number of hydrogen-bond acceptors (Lipinski definition) is 5. The van der Waals surface area contributed by atoms with Gasteiger partial charge < -0.3 is 24.5 Å². The number of alkyl carbamates (subject to hydrolysis) is 1. The Morgan fingerprint density at radius 1 is 1.20 bits per heavy atom. The quantitative estimate of drug-likeness (QED) is 0.697. The first kappa shape index (κ1) is 23.9. The van der Waals surface area contributed by atoms with Gasteiger partial charge in [0.05, 0.1) is 16.8 Å². The lowest BCUT2D eigenvalue weighted by atomic mass is 9.77. The van der Waals surface area contributed by atoms with Gasteiger partial charge in [0.1, 0.15) is 11.4 Å². The summed E-state index contributed by atoms with van der Waals surface area (Å²) in [6.07, 6.45) is 0.854. The van der Waals surface area contributed by atoms with Crippen LogP contribution in [0.2, 0.25) is 0 Å². The molecule has 2 rings (SSSR count). The molecule has 0 atom stereocenters. The standard InChI is InChI=1S/C21H29BFNO6/c1-19(2,3)28-18(27)24-12-15(22-29-20(4,5)21(6,7)30-22)10-13-8-9-14(17(25)26)11-16(13)23/h8-11H,12H2,1-7H3,(H,24,27)(H,25,26). The Balaban J connectivity index is 2.33. The minimum absolute atomic E-state index is 0.00807. The van der Waals surface area contributed by atoms with Crippen molar-refractivity contribution in [2.45, 2.75) is 65.3 Å². The molecule has 1 aromatic carbocycles. The first-order chi connectivity index (χ1) is 13.6. The zero-order chi connectivity index (χ0) is 22.9. The Morgan fingerprint density at radius 2 is 1.77 bits per heavy atom. The number of aromatic carboxylic acids is 1. The first-order valence-corrected chi connectivity index (χ1v) is 9.67. The molecule has 1 aliphatic rings. The molecule has 164 valence electrons. The van der Waals surface area contributed by atoms with Crippen molar-refractivity contribution in [2.75, 3.05) is 6.54 Å². The fourth-order valence-corrected chi connectivity index (χ4v) is 2.66. The number of carboxylic acid groups (broad SMARTS) is 1. The summed E-state index contributed by atoms with van der Waals surface area (Å²) in [5.41, 5.74) is -1.48. The van der Waals surface area contributed by atoms with Gasteiger partial charge in [-0.25, -0.2) is 14.0 Å². The van der Waals surface area contributed by atoms with Crippen molar-refractivity contribution < 1.29 is 33.1 Å². The van der Waals surface area contributed by atoms with E-state index >= 15 is 0 Å². The predicted octanol–water partition coefficient (Wildman–Crippen LogP) is 4.06. The summed E-state index contributed by atoms with van der Waals surface area (Å²) >= 11 is 0. The number of benzene rings is 1. The van der Waals surface area contributed by atoms with E-state index in [1.54, 1.807) is 20.8 Å². The van der Waals surface area contributed by atoms with Crippen molar-refractivity contribution in [3.05, 3.63) is 40.6 Å². The van der Waals surface area contributed by atoms with Crippen molar-refractivity contribution in [1.82, 2.24) is 5.32 Å². The van der Waals surface area contributed by atoms with Gasteiger partial charge in [0, 0.05) is 12.1 Å². The third kappa shape index (κ3) is 5.83. The Kier molecular flexibility index (Phi) is 6.68. The minimum Gasteiger partial charge on any atom is -0.478 e. The van der Waals surface area contributed by atoms with Crippen molar-refractivity contribution in [1.29, 1.82) is 0 Å². The van der Waals surface area contributed by atoms with Crippen LogP contribution in [0.1, 0.15) is 64.4 Å². The van der Waals surface area contributed by atoms with E-state index < -0.39 is 41.8 Å². The summed E-state index contributed by atoms with van der Waals surface area (Å²) in [4.78, 5) is 23.1. The molecule has 1 saturated heterocycles. The van der Waals surface area contributed by atoms with Crippen LogP contribution in [-0.2, 0) is 14.0 Å². The fourth-order valence-electron chi connectivity index (χ4n) is 2.66. The zero-order valence-corrected chi connectivity index (χ0v) is 18.5. The molecule has 0 unspecified atom stereocenters. The molecule has 0 saturated carbocycles. The number of ether oxygens (including phenoxy) is 1. The maximum Gasteiger partial charge on any atom is 0.492 e. The molecule has 7 nitrogen and oxygen atoms in total. The minimum atomic E-state index is -1.22. The van der Waals surface area contributed by atoms with E-state index in [0.717, 1.165) is 6.07 Å². The molecule has 1 fully saturated rings. The summed E-state index contributed by atoms with van der Waals surface area (Å²) in [6.45, 7) is 12.8. The van der Waals surface area contributed by atoms with E-state index in [0.29, 0.717) is 5.47 Å². The number of nitrogens with one attached hydrogen (secondary N) is 1. The molecule has 2 N–H and O–H groups in total. The summed E-state index contributed by atoms with van der Waals surface area (Å²) in [5.74, 6) is -1.93. The van der Waals surface area contributed by atoms with E-state index in [9.17, 15) is 14.0 Å². The van der Waals surface area contributed by atoms with E-state index in [-0.39, 0.29) is 17.7 Å². The number of rotatable bonds is 5. The van der Waals surface area contributed by atoms with Gasteiger partial charge in [-0.2, -0.15) is 0 Å². The molecule has 1 amide bonds. The number of carbonyl (C=O) groups excluding carboxylic acids is 1. The molecular weight excluding hydrogens is 392 g/mol. The molecule has 1 heterocycles. The number of hydrogen-bond donors (Lipinski definition) is 2. The molecule has 9 heteroatoms. The fraction of sp³-hybridized carbons (Fsp3) is 0.524. The summed E-state index contributed by atoms with van der Waals surface area (Å²) in [6, 6.07) is 3.61. The van der Waals surface area contributed by atoms with Gasteiger partial charge in [0.2, 0.25) is 0 Å². The summed E-state index contributed by atoms with van der Waals surface area (Å²) < 4.78 is 31.8. The van der Waals surface area contributed by atoms with Crippen molar-refractivity contribution >= 4 is 25.3 Å². The van der Waals surface area contributed by atoms with Crippen LogP contribution in [-0.4, -0.2) is 47.6 Å². The Morgan fingerprint density at radius 3 is 2.23 bits per heavy atom. The van der Waals surface area contributed by atoms with Crippen LogP contribution in [0.4, 0.5) is 9.18 Å². The second kappa shape index (κ2) is 8.39. The van der Waals surface area contributed by atoms with Gasteiger partial charge in [0.25, 0.3) is 0 Å². The van der Waals surface area contributed by atoms with Crippen LogP contribution in [0.15, 0.2) is 23.7 Å². The number of carboxylic acids is 1. The van der Waals surface area contributed by atoms with Crippen molar-refractivity contribution in [2.24, 2.45) is 0 Å². The zero-order valence-electron chi connectivity index (χ0n) is 18.5. The van der Waals surface area contributed by atoms with E-state index in [4.69, 9.17) is 19.2 Å². The van der Waals surface area contributed by atoms with Crippen LogP contribution < -0.4 is 5.32 Å². The highest BCUT2D eigenvalue weighted by Gasteiger charge is 2.52. The molecule has 0 aliphatic carbocycles. The molecule has 1 aromatic rings. The molecule has 0 aromatic heterocycles. The van der Waals surface area contributed by atoms with Gasteiger partial charge in [-0.3, -0.25) is 0 Å². The highest BCUT2D eigenvalue weighted by atomic mass is 19.1. The van der Waals surface area contributed by atoms with Crippen LogP contribution >= 0.6 is 0 Å². The Hall–Kier alpha value is -2.39. The lowest BCUT2D eigenvalue weighted by molar-refractivity contribution is 0.00578. The number of halogens is 1. The van der Waals surface area contributed by atoms with Crippen LogP contribution in [0.3, 0.4) is 0 Å². The van der Waals surface area contributed by atoms with E-state index in [2.05, 4.69) is 5.32 Å². The van der Waals surface area contributed by atoms with Gasteiger partial charge in [-0.15, -0.1) is 0 Å². The lowest BCUT2D eigenvalue weighted by Gasteiger charge is -2.32. The topological polar surface area (TPSA) is 94.1 Å². The van der Waals surface area contributed by atoms with Crippen LogP contribution in [0.5, 0.6) is 0 Å². The highest BCUT2D eigenvalue weighted by Crippen LogP contribution is 2.38. The van der Waals surface area contributed by atoms with E-state index in [1.807, 2.05) is 27.7 Å². The Labute approximate surface area is 176 Å². The normalized spacial score (nSPS) is 18.3. The van der Waals surface area contributed by atoms with Gasteiger partial charge in [-0.1, -0.05) is 12.1 Å². The molecule has 30 heavy (non-hydrogen) atoms. The maximum atomic E-state index is 14.5. The second-order valence-electron chi connectivity index (χ2n) is 9.20. The molecule has 1 aliphatic heterocycles. The number of amides is 1. The molecule has 0 spiro atoms. The SMILES string of the molecule is CC(C)(C)OC(=O)NCC(=Cc1ccc(C(=O)O)cc1F)B1OC(C)(C)C(C)(C)O1. The van der Waals surface area contributed by atoms with Crippen molar-refractivity contribution in [3.63, 3.8) is 0 Å². The van der Waals surface area contributed by atoms with Crippen LogP contribution in [0.25, 0.3) is 6.08 Å². The largest absolute Gasteiger partial charge is 0.492 e. The third-order valence-corrected chi connectivity index (χ3v) is 4.98. The number of carbonyl (C=O) groups is 2. The summed E-state index contributed by atoms with van der Waals surface area (Å²) in [7, 11) is -0.830. The molecule has 0 bridgehead atoms. The predicted molar refractivity (Wildman–Crippen MR) is 112 cm³/mol. The Bertz CT molecular complexity index is 844. The van der Waals surface area contributed by atoms with Gasteiger partial charge in [0.15, 0.2) is 0 Å². The van der Waals surface area contributed by atoms with Gasteiger partial charge in [-0.05, 0) is 66.1 Å². The van der Waals surface area contributed by atoms with Crippen LogP contribution in [0, 0.1) is 5.82 Å².